The summed E-state index contributed by atoms with van der Waals surface area (Å²) < 4.78 is 5.35. The van der Waals surface area contributed by atoms with Crippen LogP contribution in [0, 0.1) is 11.3 Å². The summed E-state index contributed by atoms with van der Waals surface area (Å²) in [5.74, 6) is 0.387. The second kappa shape index (κ2) is 6.24. The highest BCUT2D eigenvalue weighted by atomic mass is 35.5. The predicted octanol–water partition coefficient (Wildman–Crippen LogP) is 3.32. The maximum Gasteiger partial charge on any atom is 0.410 e. The number of halogens is 1. The minimum absolute atomic E-state index is 0.0145. The Hall–Kier alpha value is -1.82. The van der Waals surface area contributed by atoms with Crippen molar-refractivity contribution < 1.29 is 14.3 Å². The van der Waals surface area contributed by atoms with Gasteiger partial charge >= 0.3 is 6.09 Å². The Kier molecular flexibility index (Phi) is 4.42. The van der Waals surface area contributed by atoms with Gasteiger partial charge in [0.2, 0.25) is 5.91 Å². The Morgan fingerprint density at radius 3 is 2.88 bits per heavy atom. The van der Waals surface area contributed by atoms with E-state index in [1.54, 1.807) is 23.1 Å². The van der Waals surface area contributed by atoms with Crippen molar-refractivity contribution in [3.05, 3.63) is 23.4 Å². The Balaban J connectivity index is 1.70. The third-order valence-electron chi connectivity index (χ3n) is 4.66. The number of hydrogen-bond donors (Lipinski definition) is 1. The molecule has 2 fully saturated rings. The topological polar surface area (TPSA) is 71.5 Å². The van der Waals surface area contributed by atoms with Crippen LogP contribution >= 0.6 is 11.6 Å². The molecular formula is C17H22ClN3O3. The quantitative estimate of drug-likeness (QED) is 0.845. The first-order valence-corrected chi connectivity index (χ1v) is 8.56. The van der Waals surface area contributed by atoms with E-state index in [-0.39, 0.29) is 23.3 Å². The molecule has 1 aromatic rings. The molecule has 24 heavy (non-hydrogen) atoms. The second-order valence-electron chi connectivity index (χ2n) is 7.31. The molecule has 7 heteroatoms. The number of likely N-dealkylation sites (tertiary alicyclic amines) is 1. The fourth-order valence-corrected chi connectivity index (χ4v) is 3.43. The number of aromatic nitrogens is 1. The zero-order valence-electron chi connectivity index (χ0n) is 14.1. The molecule has 1 N–H and O–H groups in total. The minimum Gasteiger partial charge on any atom is -0.449 e. The van der Waals surface area contributed by atoms with Gasteiger partial charge in [-0.05, 0) is 36.3 Å². The summed E-state index contributed by atoms with van der Waals surface area (Å²) in [7, 11) is 0. The van der Waals surface area contributed by atoms with Crippen molar-refractivity contribution in [2.75, 3.05) is 11.9 Å². The van der Waals surface area contributed by atoms with Gasteiger partial charge in [-0.2, -0.15) is 0 Å². The second-order valence-corrected chi connectivity index (χ2v) is 7.69. The molecule has 6 nitrogen and oxygen atoms in total. The van der Waals surface area contributed by atoms with Crippen LogP contribution < -0.4 is 5.32 Å². The first kappa shape index (κ1) is 17.0. The van der Waals surface area contributed by atoms with Crippen molar-refractivity contribution in [1.82, 2.24) is 9.88 Å². The van der Waals surface area contributed by atoms with Crippen molar-refractivity contribution in [2.24, 2.45) is 11.3 Å². The van der Waals surface area contributed by atoms with Crippen LogP contribution in [0.3, 0.4) is 0 Å². The van der Waals surface area contributed by atoms with Crippen molar-refractivity contribution in [3.8, 4) is 0 Å². The van der Waals surface area contributed by atoms with Crippen LogP contribution in [0.25, 0.3) is 0 Å². The van der Waals surface area contributed by atoms with Gasteiger partial charge in [0, 0.05) is 6.04 Å². The van der Waals surface area contributed by atoms with E-state index in [0.717, 1.165) is 6.42 Å². The average Bonchev–Trinajstić information content (AvgIpc) is 3.06. The lowest BCUT2D eigenvalue weighted by atomic mass is 10.0. The number of rotatable bonds is 4. The van der Waals surface area contributed by atoms with Gasteiger partial charge in [0.1, 0.15) is 17.0 Å². The van der Waals surface area contributed by atoms with Crippen molar-refractivity contribution >= 4 is 29.4 Å². The maximum absolute atomic E-state index is 12.6. The lowest BCUT2D eigenvalue weighted by Crippen LogP contribution is -2.46. The first-order chi connectivity index (χ1) is 11.3. The van der Waals surface area contributed by atoms with Gasteiger partial charge in [-0.25, -0.2) is 9.78 Å². The lowest BCUT2D eigenvalue weighted by Gasteiger charge is -2.26. The first-order valence-electron chi connectivity index (χ1n) is 8.19. The largest absolute Gasteiger partial charge is 0.449 e. The third kappa shape index (κ3) is 3.34. The van der Waals surface area contributed by atoms with E-state index in [0.29, 0.717) is 24.0 Å². The van der Waals surface area contributed by atoms with E-state index < -0.39 is 12.1 Å². The summed E-state index contributed by atoms with van der Waals surface area (Å²) in [5, 5.41) is 3.06. The maximum atomic E-state index is 12.6. The van der Waals surface area contributed by atoms with Gasteiger partial charge in [0.15, 0.2) is 0 Å². The number of ether oxygens (including phenoxy) is 1. The SMILES string of the molecule is CC(C)COC(=O)N1C(C(=O)Nc2cccc(Cl)n2)CC2(C)CC12. The molecule has 0 radical (unpaired) electrons. The van der Waals surface area contributed by atoms with Crippen LogP contribution in [0.4, 0.5) is 10.6 Å². The number of piperidine rings is 1. The molecular weight excluding hydrogens is 330 g/mol. The Morgan fingerprint density at radius 2 is 2.21 bits per heavy atom. The van der Waals surface area contributed by atoms with E-state index >= 15 is 0 Å². The highest BCUT2D eigenvalue weighted by Crippen LogP contribution is 2.59. The molecule has 3 rings (SSSR count). The number of carbonyl (C=O) groups excluding carboxylic acids is 2. The van der Waals surface area contributed by atoms with E-state index in [4.69, 9.17) is 16.3 Å². The Morgan fingerprint density at radius 1 is 1.46 bits per heavy atom. The summed E-state index contributed by atoms with van der Waals surface area (Å²) in [6, 6.07) is 4.57. The normalized spacial score (nSPS) is 27.8. The lowest BCUT2D eigenvalue weighted by molar-refractivity contribution is -0.120. The summed E-state index contributed by atoms with van der Waals surface area (Å²) in [5.41, 5.74) is 0.0145. The molecule has 1 aromatic heterocycles. The van der Waals surface area contributed by atoms with Crippen LogP contribution in [0.15, 0.2) is 18.2 Å². The smallest absolute Gasteiger partial charge is 0.410 e. The van der Waals surface area contributed by atoms with Gasteiger partial charge in [-0.3, -0.25) is 9.69 Å². The van der Waals surface area contributed by atoms with Crippen molar-refractivity contribution in [1.29, 1.82) is 0 Å². The fourth-order valence-electron chi connectivity index (χ4n) is 3.27. The van der Waals surface area contributed by atoms with E-state index in [2.05, 4.69) is 17.2 Å². The number of amides is 2. The molecule has 130 valence electrons. The Bertz CT molecular complexity index is 666. The molecule has 0 spiro atoms. The van der Waals surface area contributed by atoms with Gasteiger partial charge in [0.25, 0.3) is 0 Å². The standard InChI is InChI=1S/C17H22ClN3O3/c1-10(2)9-24-16(23)21-11(7-17(3)8-12(17)21)15(22)20-14-6-4-5-13(18)19-14/h4-6,10-12H,7-9H2,1-3H3,(H,19,20,22). The summed E-state index contributed by atoms with van der Waals surface area (Å²) >= 11 is 5.84. The zero-order valence-corrected chi connectivity index (χ0v) is 14.8. The van der Waals surface area contributed by atoms with Crippen LogP contribution in [0.2, 0.25) is 5.15 Å². The number of hydrogen-bond acceptors (Lipinski definition) is 4. The number of fused-ring (bicyclic) bond motifs is 1. The monoisotopic (exact) mass is 351 g/mol. The van der Waals surface area contributed by atoms with E-state index in [9.17, 15) is 9.59 Å². The number of nitrogens with zero attached hydrogens (tertiary/aromatic N) is 2. The number of anilines is 1. The molecule has 1 aliphatic heterocycles. The van der Waals surface area contributed by atoms with Crippen LogP contribution in [0.5, 0.6) is 0 Å². The molecule has 3 unspecified atom stereocenters. The molecule has 1 saturated heterocycles. The summed E-state index contributed by atoms with van der Waals surface area (Å²) in [4.78, 5) is 30.7. The van der Waals surface area contributed by atoms with Gasteiger partial charge in [-0.15, -0.1) is 0 Å². The molecule has 2 amide bonds. The molecule has 2 heterocycles. The van der Waals surface area contributed by atoms with Gasteiger partial charge < -0.3 is 10.1 Å². The highest BCUT2D eigenvalue weighted by molar-refractivity contribution is 6.29. The molecule has 0 bridgehead atoms. The average molecular weight is 352 g/mol. The Labute approximate surface area is 146 Å². The van der Waals surface area contributed by atoms with Gasteiger partial charge in [-0.1, -0.05) is 38.4 Å². The van der Waals surface area contributed by atoms with E-state index in [1.165, 1.54) is 0 Å². The van der Waals surface area contributed by atoms with Crippen molar-refractivity contribution in [2.45, 2.75) is 45.7 Å². The number of pyridine rings is 1. The van der Waals surface area contributed by atoms with Crippen LogP contribution in [-0.4, -0.2) is 40.6 Å². The number of nitrogens with one attached hydrogen (secondary N) is 1. The summed E-state index contributed by atoms with van der Waals surface area (Å²) in [6.45, 7) is 6.41. The van der Waals surface area contributed by atoms with Crippen LogP contribution in [0.1, 0.15) is 33.6 Å². The third-order valence-corrected chi connectivity index (χ3v) is 4.87. The van der Waals surface area contributed by atoms with Gasteiger partial charge in [0.05, 0.1) is 6.61 Å². The van der Waals surface area contributed by atoms with Crippen molar-refractivity contribution in [3.63, 3.8) is 0 Å². The predicted molar refractivity (Wildman–Crippen MR) is 90.8 cm³/mol. The molecule has 3 atom stereocenters. The van der Waals surface area contributed by atoms with Crippen LogP contribution in [-0.2, 0) is 9.53 Å². The highest BCUT2D eigenvalue weighted by Gasteiger charge is 2.65. The minimum atomic E-state index is -0.533. The fraction of sp³-hybridized carbons (Fsp3) is 0.588. The summed E-state index contributed by atoms with van der Waals surface area (Å²) in [6.07, 6.45) is 1.15. The molecule has 1 aliphatic carbocycles. The zero-order chi connectivity index (χ0) is 17.5. The number of carbonyl (C=O) groups is 2. The van der Waals surface area contributed by atoms with E-state index in [1.807, 2.05) is 13.8 Å². The molecule has 2 aliphatic rings. The molecule has 1 saturated carbocycles. The molecule has 0 aromatic carbocycles.